The second-order valence-corrected chi connectivity index (χ2v) is 12.8. The van der Waals surface area contributed by atoms with Crippen molar-refractivity contribution in [2.24, 2.45) is 5.16 Å². The van der Waals surface area contributed by atoms with Crippen LogP contribution in [0.3, 0.4) is 0 Å². The second kappa shape index (κ2) is 16.4. The molecule has 0 aliphatic carbocycles. The van der Waals surface area contributed by atoms with Gasteiger partial charge in [-0.15, -0.1) is 23.1 Å². The number of oxime groups is 1. The maximum atomic E-state index is 13.1. The van der Waals surface area contributed by atoms with Crippen LogP contribution in [0.4, 0.5) is 5.13 Å². The van der Waals surface area contributed by atoms with Crippen molar-refractivity contribution in [1.82, 2.24) is 20.5 Å². The Morgan fingerprint density at radius 1 is 1.20 bits per heavy atom. The fourth-order valence-electron chi connectivity index (χ4n) is 5.23. The monoisotopic (exact) mass is 657 g/mol. The highest BCUT2D eigenvalue weighted by molar-refractivity contribution is 8.00. The lowest BCUT2D eigenvalue weighted by Crippen LogP contribution is -2.71. The molecule has 15 heteroatoms. The molecule has 4 rings (SSSR count). The predicted octanol–water partition coefficient (Wildman–Crippen LogP) is 1.34. The summed E-state index contributed by atoms with van der Waals surface area (Å²) in [7, 11) is 1.27. The van der Waals surface area contributed by atoms with Crippen molar-refractivity contribution >= 4 is 57.6 Å². The molecule has 1 fully saturated rings. The van der Waals surface area contributed by atoms with Gasteiger partial charge in [0.2, 0.25) is 0 Å². The average Bonchev–Trinajstić information content (AvgIpc) is 3.46. The molecule has 0 aromatic carbocycles. The number of fused-ring (bicyclic) bond motifs is 1. The number of rotatable bonds is 17. The second-order valence-electron chi connectivity index (χ2n) is 10.8. The van der Waals surface area contributed by atoms with E-state index in [1.54, 1.807) is 29.1 Å². The first kappa shape index (κ1) is 33.9. The number of carbonyl (C=O) groups excluding carboxylic acids is 4. The zero-order valence-corrected chi connectivity index (χ0v) is 27.1. The fraction of sp³-hybridized carbons (Fsp3) is 0.500. The normalized spacial score (nSPS) is 17.9. The highest BCUT2D eigenvalue weighted by atomic mass is 32.2. The standard InChI is InChI=1S/C30H39N7O6S2/c1-3-4-5-6-7-8-9-10-13-32-25(38)19-12-11-14-36(15-19)16-20-17-44-28-23(27(40)37(28)24(20)29(41)42)34-26(39)22(35-43-2)21-18-45-30(31)33-21/h11-12,14-15,18,23,28H,3-10,13,16-17H2,1-2H3,(H4-,31,32,33,34,38,39,41,42)/b35-22-/t23-,28-/m1/s1. The Morgan fingerprint density at radius 2 is 1.93 bits per heavy atom. The van der Waals surface area contributed by atoms with E-state index in [1.807, 2.05) is 0 Å². The van der Waals surface area contributed by atoms with Crippen molar-refractivity contribution in [3.8, 4) is 0 Å². The van der Waals surface area contributed by atoms with E-state index in [-0.39, 0.29) is 40.4 Å². The molecule has 1 saturated heterocycles. The molecule has 242 valence electrons. The summed E-state index contributed by atoms with van der Waals surface area (Å²) in [6.07, 6.45) is 12.8. The number of unbranched alkanes of at least 4 members (excludes halogenated alkanes) is 7. The Balaban J connectivity index is 1.35. The zero-order valence-electron chi connectivity index (χ0n) is 25.5. The van der Waals surface area contributed by atoms with Crippen LogP contribution in [0.2, 0.25) is 0 Å². The van der Waals surface area contributed by atoms with E-state index in [9.17, 15) is 24.3 Å². The van der Waals surface area contributed by atoms with E-state index >= 15 is 0 Å². The number of nitrogen functional groups attached to an aromatic ring is 1. The molecule has 0 radical (unpaired) electrons. The third-order valence-corrected chi connectivity index (χ3v) is 9.51. The first-order chi connectivity index (χ1) is 21.7. The summed E-state index contributed by atoms with van der Waals surface area (Å²) in [5.41, 5.74) is 6.37. The van der Waals surface area contributed by atoms with Crippen LogP contribution in [0.15, 0.2) is 46.3 Å². The fourth-order valence-corrected chi connectivity index (χ4v) is 7.12. The van der Waals surface area contributed by atoms with Crippen molar-refractivity contribution in [2.45, 2.75) is 76.3 Å². The zero-order chi connectivity index (χ0) is 32.3. The molecule has 2 aliphatic rings. The van der Waals surface area contributed by atoms with Gasteiger partial charge < -0.3 is 31.1 Å². The summed E-state index contributed by atoms with van der Waals surface area (Å²) in [4.78, 5) is 61.1. The van der Waals surface area contributed by atoms with Crippen LogP contribution in [0.5, 0.6) is 0 Å². The molecule has 0 spiro atoms. The summed E-state index contributed by atoms with van der Waals surface area (Å²) in [6.45, 7) is 2.93. The van der Waals surface area contributed by atoms with Crippen LogP contribution < -0.4 is 26.0 Å². The van der Waals surface area contributed by atoms with E-state index in [4.69, 9.17) is 10.6 Å². The smallest absolute Gasteiger partial charge is 0.276 e. The van der Waals surface area contributed by atoms with Gasteiger partial charge in [0.25, 0.3) is 17.7 Å². The van der Waals surface area contributed by atoms with E-state index in [2.05, 4.69) is 27.7 Å². The van der Waals surface area contributed by atoms with Gasteiger partial charge in [0, 0.05) is 29.3 Å². The number of nitrogens with two attached hydrogens (primary N) is 1. The Hall–Kier alpha value is -3.98. The Bertz CT molecular complexity index is 1460. The van der Waals surface area contributed by atoms with E-state index < -0.39 is 29.2 Å². The van der Waals surface area contributed by atoms with Crippen molar-refractivity contribution in [1.29, 1.82) is 0 Å². The van der Waals surface area contributed by atoms with Crippen LogP contribution in [0.25, 0.3) is 0 Å². The number of hydrogen-bond acceptors (Lipinski definition) is 11. The Kier molecular flexibility index (Phi) is 12.3. The van der Waals surface area contributed by atoms with Gasteiger partial charge >= 0.3 is 0 Å². The van der Waals surface area contributed by atoms with Gasteiger partial charge in [-0.1, -0.05) is 57.0 Å². The summed E-state index contributed by atoms with van der Waals surface area (Å²) in [5.74, 6) is -2.72. The van der Waals surface area contributed by atoms with Crippen molar-refractivity contribution in [3.63, 3.8) is 0 Å². The van der Waals surface area contributed by atoms with Crippen LogP contribution >= 0.6 is 23.1 Å². The minimum absolute atomic E-state index is 0.138. The minimum Gasteiger partial charge on any atom is -0.543 e. The first-order valence-electron chi connectivity index (χ1n) is 15.0. The van der Waals surface area contributed by atoms with Gasteiger partial charge in [0.1, 0.15) is 29.8 Å². The highest BCUT2D eigenvalue weighted by Gasteiger charge is 2.53. The molecule has 2 aromatic rings. The number of pyridine rings is 1. The highest BCUT2D eigenvalue weighted by Crippen LogP contribution is 2.40. The number of nitrogens with zero attached hydrogens (tertiary/aromatic N) is 4. The number of carboxylic acids is 1. The molecule has 4 heterocycles. The molecule has 13 nitrogen and oxygen atoms in total. The maximum Gasteiger partial charge on any atom is 0.276 e. The molecule has 2 atom stereocenters. The summed E-state index contributed by atoms with van der Waals surface area (Å²) >= 11 is 2.43. The lowest BCUT2D eigenvalue weighted by atomic mass is 10.0. The lowest BCUT2D eigenvalue weighted by molar-refractivity contribution is -0.689. The number of hydrogen-bond donors (Lipinski definition) is 3. The van der Waals surface area contributed by atoms with Crippen molar-refractivity contribution in [3.05, 3.63) is 52.4 Å². The largest absolute Gasteiger partial charge is 0.543 e. The summed E-state index contributed by atoms with van der Waals surface area (Å²) < 4.78 is 1.71. The van der Waals surface area contributed by atoms with Gasteiger partial charge in [0.05, 0.1) is 11.7 Å². The molecule has 45 heavy (non-hydrogen) atoms. The molecule has 0 saturated carbocycles. The van der Waals surface area contributed by atoms with E-state index in [0.717, 1.165) is 35.5 Å². The number of carboxylic acid groups (broad SMARTS) is 1. The first-order valence-corrected chi connectivity index (χ1v) is 17.0. The molecule has 0 bridgehead atoms. The maximum absolute atomic E-state index is 13.1. The molecular formula is C30H39N7O6S2. The molecule has 4 N–H and O–H groups in total. The van der Waals surface area contributed by atoms with Crippen LogP contribution in [-0.2, 0) is 25.8 Å². The van der Waals surface area contributed by atoms with Crippen LogP contribution in [0.1, 0.15) is 74.3 Å². The van der Waals surface area contributed by atoms with Gasteiger partial charge in [-0.05, 0) is 12.5 Å². The lowest BCUT2D eigenvalue weighted by Gasteiger charge is -2.50. The number of anilines is 1. The number of aromatic nitrogens is 2. The van der Waals surface area contributed by atoms with Crippen LogP contribution in [0, 0.1) is 0 Å². The van der Waals surface area contributed by atoms with Crippen molar-refractivity contribution in [2.75, 3.05) is 25.1 Å². The number of thiazole rings is 1. The summed E-state index contributed by atoms with van der Waals surface area (Å²) in [6, 6.07) is 2.43. The third kappa shape index (κ3) is 8.60. The number of carbonyl (C=O) groups is 4. The number of thioether (sulfide) groups is 1. The molecule has 2 aromatic heterocycles. The van der Waals surface area contributed by atoms with Gasteiger partial charge in [-0.2, -0.15) is 0 Å². The van der Waals surface area contributed by atoms with E-state index in [1.165, 1.54) is 56.4 Å². The minimum atomic E-state index is -1.49. The summed E-state index contributed by atoms with van der Waals surface area (Å²) in [5, 5.41) is 22.7. The molecule has 2 aliphatic heterocycles. The van der Waals surface area contributed by atoms with Gasteiger partial charge in [-0.25, -0.2) is 9.55 Å². The predicted molar refractivity (Wildman–Crippen MR) is 169 cm³/mol. The van der Waals surface area contributed by atoms with E-state index in [0.29, 0.717) is 17.7 Å². The number of nitrogens with one attached hydrogen (secondary N) is 2. The quantitative estimate of drug-likeness (QED) is 0.0743. The topological polar surface area (TPSA) is 183 Å². The SMILES string of the molecule is CCCCCCCCCCNC(=O)c1ccc[n+](CC2=C(C(=O)[O-])N3C(=O)[C@@H](NC(=O)/C(=N\OC)c4csc(N)n4)[C@H]3SC2)c1. The van der Waals surface area contributed by atoms with Crippen LogP contribution in [-0.4, -0.2) is 70.1 Å². The Morgan fingerprint density at radius 3 is 2.60 bits per heavy atom. The molecular weight excluding hydrogens is 619 g/mol. The molecule has 3 amide bonds. The molecule has 0 unspecified atom stereocenters. The third-order valence-electron chi connectivity index (χ3n) is 7.50. The number of amides is 3. The van der Waals surface area contributed by atoms with Crippen molar-refractivity contribution < 1.29 is 33.7 Å². The number of β-lactam (4-membered cyclic amide) rings is 1. The number of aliphatic carboxylic acids is 1. The van der Waals surface area contributed by atoms with Gasteiger partial charge in [-0.3, -0.25) is 19.3 Å². The van der Waals surface area contributed by atoms with Gasteiger partial charge in [0.15, 0.2) is 29.8 Å². The average molecular weight is 658 g/mol. The Labute approximate surface area is 270 Å².